The zero-order valence-electron chi connectivity index (χ0n) is 20.2. The second-order valence-electron chi connectivity index (χ2n) is 10.6. The molecule has 2 aliphatic carbocycles. The minimum atomic E-state index is -1.20. The minimum Gasteiger partial charge on any atom is -0.377 e. The number of aliphatic hydroxyl groups is 1. The van der Waals surface area contributed by atoms with Crippen molar-refractivity contribution in [1.82, 2.24) is 34.9 Å². The predicted molar refractivity (Wildman–Crippen MR) is 126 cm³/mol. The first-order valence-corrected chi connectivity index (χ1v) is 12.1. The smallest absolute Gasteiger partial charge is 0.252 e. The molecule has 0 unspecified atom stereocenters. The van der Waals surface area contributed by atoms with Gasteiger partial charge in [0, 0.05) is 6.20 Å². The Kier molecular flexibility index (Phi) is 4.51. The summed E-state index contributed by atoms with van der Waals surface area (Å²) in [6.45, 7) is 4.64. The lowest BCUT2D eigenvalue weighted by Crippen LogP contribution is -2.47. The van der Waals surface area contributed by atoms with Gasteiger partial charge in [0.25, 0.3) is 5.95 Å². The van der Waals surface area contributed by atoms with Crippen LogP contribution in [0.1, 0.15) is 55.4 Å². The van der Waals surface area contributed by atoms with Crippen LogP contribution in [0.3, 0.4) is 0 Å². The van der Waals surface area contributed by atoms with E-state index in [9.17, 15) is 13.9 Å². The van der Waals surface area contributed by atoms with Crippen molar-refractivity contribution >= 4 is 0 Å². The van der Waals surface area contributed by atoms with E-state index in [4.69, 9.17) is 9.72 Å². The van der Waals surface area contributed by atoms with Crippen molar-refractivity contribution in [2.24, 2.45) is 5.41 Å². The number of nitrogens with zero attached hydrogens (tertiary/aromatic N) is 7. The third kappa shape index (κ3) is 2.89. The van der Waals surface area contributed by atoms with Crippen LogP contribution >= 0.6 is 0 Å². The molecule has 11 heteroatoms. The molecular formula is C26H23F2N7O2. The van der Waals surface area contributed by atoms with E-state index in [1.165, 1.54) is 29.2 Å². The molecule has 3 aromatic heterocycles. The van der Waals surface area contributed by atoms with E-state index < -0.39 is 22.7 Å². The maximum Gasteiger partial charge on any atom is 0.252 e. The van der Waals surface area contributed by atoms with Gasteiger partial charge in [0.05, 0.1) is 41.3 Å². The van der Waals surface area contributed by atoms with Crippen LogP contribution in [0, 0.1) is 17.0 Å². The summed E-state index contributed by atoms with van der Waals surface area (Å²) in [4.78, 5) is 13.5. The molecule has 3 aliphatic rings. The number of hydrogen-bond acceptors (Lipinski definition) is 8. The average molecular weight is 504 g/mol. The van der Waals surface area contributed by atoms with Crippen molar-refractivity contribution in [3.8, 4) is 17.2 Å². The van der Waals surface area contributed by atoms with Crippen molar-refractivity contribution in [1.29, 1.82) is 0 Å². The summed E-state index contributed by atoms with van der Waals surface area (Å²) in [6, 6.07) is 7.43. The lowest BCUT2D eigenvalue weighted by molar-refractivity contribution is -0.189. The average Bonchev–Trinajstić information content (AvgIpc) is 3.51. The second-order valence-corrected chi connectivity index (χ2v) is 10.6. The molecule has 0 radical (unpaired) electrons. The van der Waals surface area contributed by atoms with Crippen molar-refractivity contribution in [2.45, 2.75) is 43.6 Å². The van der Waals surface area contributed by atoms with Crippen molar-refractivity contribution in [3.63, 3.8) is 0 Å². The van der Waals surface area contributed by atoms with Crippen LogP contribution in [0.5, 0.6) is 0 Å². The lowest BCUT2D eigenvalue weighted by Gasteiger charge is -2.37. The molecule has 1 aromatic carbocycles. The first kappa shape index (κ1) is 22.5. The Morgan fingerprint density at radius 3 is 2.59 bits per heavy atom. The molecule has 2 bridgehead atoms. The first-order chi connectivity index (χ1) is 17.7. The summed E-state index contributed by atoms with van der Waals surface area (Å²) < 4.78 is 35.6. The van der Waals surface area contributed by atoms with E-state index >= 15 is 0 Å². The van der Waals surface area contributed by atoms with Crippen LogP contribution < -0.4 is 0 Å². The van der Waals surface area contributed by atoms with Crippen LogP contribution in [-0.2, 0) is 15.8 Å². The van der Waals surface area contributed by atoms with Gasteiger partial charge in [0.2, 0.25) is 0 Å². The van der Waals surface area contributed by atoms with Crippen LogP contribution in [0.15, 0.2) is 42.9 Å². The largest absolute Gasteiger partial charge is 0.377 e. The highest BCUT2D eigenvalue weighted by Gasteiger charge is 2.65. The van der Waals surface area contributed by atoms with Crippen molar-refractivity contribution in [2.75, 3.05) is 13.2 Å². The van der Waals surface area contributed by atoms with Gasteiger partial charge < -0.3 is 9.84 Å². The van der Waals surface area contributed by atoms with Gasteiger partial charge in [-0.1, -0.05) is 19.9 Å². The molecule has 4 aromatic rings. The van der Waals surface area contributed by atoms with Gasteiger partial charge >= 0.3 is 0 Å². The normalized spacial score (nSPS) is 24.6. The molecule has 9 nitrogen and oxygen atoms in total. The van der Waals surface area contributed by atoms with Gasteiger partial charge in [0.1, 0.15) is 18.0 Å². The molecule has 1 saturated carbocycles. The van der Waals surface area contributed by atoms with E-state index in [2.05, 4.69) is 39.1 Å². The molecule has 4 heterocycles. The molecule has 0 spiro atoms. The monoisotopic (exact) mass is 503 g/mol. The van der Waals surface area contributed by atoms with Crippen LogP contribution in [0.2, 0.25) is 0 Å². The summed E-state index contributed by atoms with van der Waals surface area (Å²) in [7, 11) is 0. The van der Waals surface area contributed by atoms with Crippen molar-refractivity contribution in [3.05, 3.63) is 77.3 Å². The minimum absolute atomic E-state index is 0.121. The van der Waals surface area contributed by atoms with Crippen LogP contribution in [0.4, 0.5) is 8.78 Å². The number of halogens is 2. The van der Waals surface area contributed by atoms with Gasteiger partial charge in [-0.3, -0.25) is 0 Å². The van der Waals surface area contributed by atoms with Gasteiger partial charge in [0.15, 0.2) is 11.4 Å². The summed E-state index contributed by atoms with van der Waals surface area (Å²) in [6.07, 6.45) is 4.83. The van der Waals surface area contributed by atoms with E-state index in [0.29, 0.717) is 5.95 Å². The van der Waals surface area contributed by atoms with Gasteiger partial charge in [-0.15, -0.1) is 10.2 Å². The quantitative estimate of drug-likeness (QED) is 0.452. The Bertz CT molecular complexity index is 1550. The first-order valence-electron chi connectivity index (χ1n) is 12.1. The zero-order chi connectivity index (χ0) is 25.6. The highest BCUT2D eigenvalue weighted by molar-refractivity contribution is 5.64. The molecule has 2 fully saturated rings. The zero-order valence-corrected chi connectivity index (χ0v) is 20.2. The molecular weight excluding hydrogens is 480 g/mol. The van der Waals surface area contributed by atoms with Crippen LogP contribution in [-0.4, -0.2) is 53.3 Å². The molecule has 0 amide bonds. The topological polar surface area (TPSA) is 112 Å². The van der Waals surface area contributed by atoms with Gasteiger partial charge in [-0.2, -0.15) is 9.78 Å². The number of aromatic nitrogens is 7. The molecule has 7 rings (SSSR count). The summed E-state index contributed by atoms with van der Waals surface area (Å²) in [5, 5.41) is 23.8. The number of ether oxygens (including phenoxy) is 1. The number of benzene rings is 1. The number of hydrogen-bond donors (Lipinski definition) is 1. The Labute approximate surface area is 210 Å². The maximum atomic E-state index is 14.5. The Balaban J connectivity index is 1.33. The van der Waals surface area contributed by atoms with E-state index in [1.54, 1.807) is 12.3 Å². The Hall–Kier alpha value is -3.70. The fourth-order valence-corrected chi connectivity index (χ4v) is 6.45. The van der Waals surface area contributed by atoms with Gasteiger partial charge in [-0.05, 0) is 54.0 Å². The molecule has 2 atom stereocenters. The fraction of sp³-hybridized carbons (Fsp3) is 0.385. The van der Waals surface area contributed by atoms with E-state index in [-0.39, 0.29) is 41.6 Å². The summed E-state index contributed by atoms with van der Waals surface area (Å²) in [5.74, 6) is -0.637. The Morgan fingerprint density at radius 1 is 1.08 bits per heavy atom. The maximum absolute atomic E-state index is 14.5. The molecule has 1 N–H and O–H groups in total. The van der Waals surface area contributed by atoms with E-state index in [1.807, 2.05) is 6.07 Å². The second kappa shape index (κ2) is 7.42. The standard InChI is InChI=1S/C26H23F2N7O2/c1-24(2)15-6-8-26(24,21-14(15)10-18(32-33-21)20-16(27)4-3-5-17(20)28)19-7-9-29-23(31-19)35-13-30-22(34-35)25(36)11-37-12-25/h3-5,7,9-10,13,15,36H,6,8,11-12H2,1-2H3/t15-,26+/m0/s1. The highest BCUT2D eigenvalue weighted by Crippen LogP contribution is 2.69. The number of fused-ring (bicyclic) bond motifs is 5. The van der Waals surface area contributed by atoms with Gasteiger partial charge in [-0.25, -0.2) is 23.7 Å². The lowest BCUT2D eigenvalue weighted by atomic mass is 9.66. The van der Waals surface area contributed by atoms with Crippen molar-refractivity contribution < 1.29 is 18.6 Å². The third-order valence-corrected chi connectivity index (χ3v) is 8.48. The summed E-state index contributed by atoms with van der Waals surface area (Å²) >= 11 is 0. The van der Waals surface area contributed by atoms with E-state index in [0.717, 1.165) is 29.8 Å². The molecule has 1 aliphatic heterocycles. The fourth-order valence-electron chi connectivity index (χ4n) is 6.45. The molecule has 1 saturated heterocycles. The van der Waals surface area contributed by atoms with Crippen LogP contribution in [0.25, 0.3) is 17.2 Å². The molecule has 188 valence electrons. The Morgan fingerprint density at radius 2 is 1.86 bits per heavy atom. The molecule has 37 heavy (non-hydrogen) atoms. The summed E-state index contributed by atoms with van der Waals surface area (Å²) in [5.41, 5.74) is 0.463. The third-order valence-electron chi connectivity index (χ3n) is 8.48. The highest BCUT2D eigenvalue weighted by atomic mass is 19.1. The SMILES string of the molecule is CC1(C)[C@H]2CC[C@@]1(c1ccnc(-n3cnc(C4(O)COC4)n3)n1)c1nnc(-c3c(F)cccc3F)cc12. The number of rotatable bonds is 4. The predicted octanol–water partition coefficient (Wildman–Crippen LogP) is 3.21.